The predicted molar refractivity (Wildman–Crippen MR) is 81.3 cm³/mol. The lowest BCUT2D eigenvalue weighted by Crippen LogP contribution is -2.28. The van der Waals surface area contributed by atoms with Crippen molar-refractivity contribution in [2.24, 2.45) is 0 Å². The molecule has 1 heterocycles. The van der Waals surface area contributed by atoms with Crippen LogP contribution in [0.25, 0.3) is 0 Å². The molecule has 7 heteroatoms. The topological polar surface area (TPSA) is 76.0 Å². The minimum Gasteiger partial charge on any atom is -0.320 e. The average molecular weight is 302 g/mol. The molecule has 0 aliphatic rings. The quantitative estimate of drug-likeness (QED) is 0.627. The summed E-state index contributed by atoms with van der Waals surface area (Å²) >= 11 is 0. The van der Waals surface area contributed by atoms with Crippen LogP contribution in [0.2, 0.25) is 0 Å². The number of nitrogens with one attached hydrogen (secondary N) is 2. The Morgan fingerprint density at radius 3 is 2.55 bits per heavy atom. The second kappa shape index (κ2) is 8.39. The Labute approximate surface area is 122 Å². The van der Waals surface area contributed by atoms with Crippen LogP contribution in [0, 0.1) is 13.8 Å². The fourth-order valence-electron chi connectivity index (χ4n) is 2.02. The molecule has 0 amide bonds. The standard InChI is InChI=1S/C13H26N4O2S/c1-12-11-13(2)17(16-12)9-6-8-15-20(18,19)10-5-4-7-14-3/h11,14-15H,4-10H2,1-3H3. The molecule has 0 saturated carbocycles. The van der Waals surface area contributed by atoms with E-state index in [1.807, 2.05) is 31.6 Å². The molecule has 2 N–H and O–H groups in total. The first-order chi connectivity index (χ1) is 9.44. The van der Waals surface area contributed by atoms with Crippen LogP contribution in [0.3, 0.4) is 0 Å². The molecule has 0 aliphatic carbocycles. The molecule has 0 aliphatic heterocycles. The van der Waals surface area contributed by atoms with Gasteiger partial charge in [0.15, 0.2) is 0 Å². The van der Waals surface area contributed by atoms with Crippen LogP contribution >= 0.6 is 0 Å². The summed E-state index contributed by atoms with van der Waals surface area (Å²) in [4.78, 5) is 0. The number of aryl methyl sites for hydroxylation is 3. The first-order valence-electron chi connectivity index (χ1n) is 7.07. The fourth-order valence-corrected chi connectivity index (χ4v) is 3.21. The summed E-state index contributed by atoms with van der Waals surface area (Å²) < 4.78 is 28.0. The van der Waals surface area contributed by atoms with Gasteiger partial charge in [-0.25, -0.2) is 13.1 Å². The maximum atomic E-state index is 11.7. The maximum Gasteiger partial charge on any atom is 0.211 e. The van der Waals surface area contributed by atoms with E-state index < -0.39 is 10.0 Å². The molecule has 6 nitrogen and oxygen atoms in total. The zero-order chi connectivity index (χ0) is 15.0. The lowest BCUT2D eigenvalue weighted by atomic mass is 10.3. The van der Waals surface area contributed by atoms with Gasteiger partial charge in [0.25, 0.3) is 0 Å². The summed E-state index contributed by atoms with van der Waals surface area (Å²) in [5.74, 6) is 0.203. The van der Waals surface area contributed by atoms with E-state index in [0.717, 1.165) is 37.3 Å². The van der Waals surface area contributed by atoms with Crippen LogP contribution in [0.1, 0.15) is 30.7 Å². The summed E-state index contributed by atoms with van der Waals surface area (Å²) in [6, 6.07) is 2.02. The minimum absolute atomic E-state index is 0.203. The highest BCUT2D eigenvalue weighted by Gasteiger charge is 2.09. The second-order valence-electron chi connectivity index (χ2n) is 5.03. The molecule has 0 saturated heterocycles. The van der Waals surface area contributed by atoms with Crippen LogP contribution in [0.5, 0.6) is 0 Å². The third kappa shape index (κ3) is 6.49. The van der Waals surface area contributed by atoms with E-state index in [4.69, 9.17) is 0 Å². The molecular weight excluding hydrogens is 276 g/mol. The molecule has 0 fully saturated rings. The highest BCUT2D eigenvalue weighted by atomic mass is 32.2. The lowest BCUT2D eigenvalue weighted by molar-refractivity contribution is 0.542. The first kappa shape index (κ1) is 17.1. The minimum atomic E-state index is -3.13. The first-order valence-corrected chi connectivity index (χ1v) is 8.73. The third-order valence-corrected chi connectivity index (χ3v) is 4.53. The van der Waals surface area contributed by atoms with Gasteiger partial charge in [0.2, 0.25) is 10.0 Å². The molecule has 1 rings (SSSR count). The van der Waals surface area contributed by atoms with Crippen molar-refractivity contribution in [3.05, 3.63) is 17.5 Å². The molecule has 1 aromatic rings. The van der Waals surface area contributed by atoms with Gasteiger partial charge in [-0.05, 0) is 52.8 Å². The smallest absolute Gasteiger partial charge is 0.211 e. The molecule has 0 unspecified atom stereocenters. The summed E-state index contributed by atoms with van der Waals surface area (Å²) in [6.45, 7) is 6.02. The summed E-state index contributed by atoms with van der Waals surface area (Å²) in [5.41, 5.74) is 2.10. The number of hydrogen-bond acceptors (Lipinski definition) is 4. The van der Waals surface area contributed by atoms with Gasteiger partial charge in [0.05, 0.1) is 11.4 Å². The van der Waals surface area contributed by atoms with Crippen molar-refractivity contribution >= 4 is 10.0 Å². The summed E-state index contributed by atoms with van der Waals surface area (Å²) in [6.07, 6.45) is 2.31. The molecule has 1 aromatic heterocycles. The van der Waals surface area contributed by atoms with E-state index in [1.165, 1.54) is 0 Å². The Balaban J connectivity index is 2.21. The van der Waals surface area contributed by atoms with Crippen molar-refractivity contribution in [2.75, 3.05) is 25.9 Å². The van der Waals surface area contributed by atoms with Gasteiger partial charge in [0, 0.05) is 18.8 Å². The Bertz CT molecular complexity index is 496. The van der Waals surface area contributed by atoms with Gasteiger partial charge in [0.1, 0.15) is 0 Å². The zero-order valence-corrected chi connectivity index (χ0v) is 13.5. The molecule has 0 bridgehead atoms. The maximum absolute atomic E-state index is 11.7. The van der Waals surface area contributed by atoms with Gasteiger partial charge >= 0.3 is 0 Å². The Morgan fingerprint density at radius 1 is 1.20 bits per heavy atom. The molecule has 0 atom stereocenters. The monoisotopic (exact) mass is 302 g/mol. The molecule has 0 spiro atoms. The average Bonchev–Trinajstić information content (AvgIpc) is 2.69. The van der Waals surface area contributed by atoms with Gasteiger partial charge in [-0.3, -0.25) is 4.68 Å². The number of nitrogens with zero attached hydrogens (tertiary/aromatic N) is 2. The fraction of sp³-hybridized carbons (Fsp3) is 0.769. The van der Waals surface area contributed by atoms with E-state index in [2.05, 4.69) is 15.1 Å². The largest absolute Gasteiger partial charge is 0.320 e. The van der Waals surface area contributed by atoms with Crippen LogP contribution in [-0.4, -0.2) is 44.1 Å². The highest BCUT2D eigenvalue weighted by Crippen LogP contribution is 2.02. The van der Waals surface area contributed by atoms with Crippen LogP contribution in [0.15, 0.2) is 6.07 Å². The number of sulfonamides is 1. The van der Waals surface area contributed by atoms with E-state index in [-0.39, 0.29) is 5.75 Å². The number of rotatable bonds is 10. The van der Waals surface area contributed by atoms with Crippen molar-refractivity contribution in [2.45, 2.75) is 39.7 Å². The number of aromatic nitrogens is 2. The Morgan fingerprint density at radius 2 is 1.95 bits per heavy atom. The van der Waals surface area contributed by atoms with Gasteiger partial charge in [-0.1, -0.05) is 0 Å². The van der Waals surface area contributed by atoms with Crippen molar-refractivity contribution in [1.82, 2.24) is 19.8 Å². The lowest BCUT2D eigenvalue weighted by Gasteiger charge is -2.07. The zero-order valence-electron chi connectivity index (χ0n) is 12.6. The van der Waals surface area contributed by atoms with Crippen molar-refractivity contribution < 1.29 is 8.42 Å². The normalized spacial score (nSPS) is 11.9. The molecule has 116 valence electrons. The van der Waals surface area contributed by atoms with Crippen molar-refractivity contribution in [1.29, 1.82) is 0 Å². The van der Waals surface area contributed by atoms with E-state index >= 15 is 0 Å². The van der Waals surface area contributed by atoms with Crippen molar-refractivity contribution in [3.63, 3.8) is 0 Å². The van der Waals surface area contributed by atoms with E-state index in [1.54, 1.807) is 0 Å². The van der Waals surface area contributed by atoms with E-state index in [0.29, 0.717) is 13.0 Å². The van der Waals surface area contributed by atoms with Gasteiger partial charge in [-0.15, -0.1) is 0 Å². The molecule has 0 radical (unpaired) electrons. The molecule has 20 heavy (non-hydrogen) atoms. The second-order valence-corrected chi connectivity index (χ2v) is 6.95. The SMILES string of the molecule is CNCCCCS(=O)(=O)NCCCn1nc(C)cc1C. The summed E-state index contributed by atoms with van der Waals surface area (Å²) in [7, 11) is -1.26. The predicted octanol–water partition coefficient (Wildman–Crippen LogP) is 0.809. The van der Waals surface area contributed by atoms with Crippen molar-refractivity contribution in [3.8, 4) is 0 Å². The van der Waals surface area contributed by atoms with Gasteiger partial charge in [-0.2, -0.15) is 5.10 Å². The third-order valence-electron chi connectivity index (χ3n) is 3.06. The van der Waals surface area contributed by atoms with Gasteiger partial charge < -0.3 is 5.32 Å². The highest BCUT2D eigenvalue weighted by molar-refractivity contribution is 7.89. The van der Waals surface area contributed by atoms with Crippen LogP contribution in [-0.2, 0) is 16.6 Å². The van der Waals surface area contributed by atoms with Crippen LogP contribution in [0.4, 0.5) is 0 Å². The van der Waals surface area contributed by atoms with E-state index in [9.17, 15) is 8.42 Å². The Kier molecular flexibility index (Phi) is 7.18. The molecule has 0 aromatic carbocycles. The summed E-state index contributed by atoms with van der Waals surface area (Å²) in [5, 5.41) is 7.35. The molecular formula is C13H26N4O2S. The Hall–Kier alpha value is -0.920. The number of unbranched alkanes of at least 4 members (excludes halogenated alkanes) is 1. The van der Waals surface area contributed by atoms with Crippen LogP contribution < -0.4 is 10.0 Å². The number of hydrogen-bond donors (Lipinski definition) is 2.